The van der Waals surface area contributed by atoms with Gasteiger partial charge < -0.3 is 4.74 Å². The maximum Gasteiger partial charge on any atom is 0.147 e. The van der Waals surface area contributed by atoms with Gasteiger partial charge in [0, 0.05) is 6.07 Å². The van der Waals surface area contributed by atoms with E-state index in [9.17, 15) is 0 Å². The summed E-state index contributed by atoms with van der Waals surface area (Å²) < 4.78 is 6.82. The zero-order valence-corrected chi connectivity index (χ0v) is 8.98. The number of nitrogens with zero attached hydrogens (tertiary/aromatic N) is 3. The number of alkyl halides is 1. The third kappa shape index (κ3) is 1.94. The zero-order chi connectivity index (χ0) is 10.7. The van der Waals surface area contributed by atoms with Gasteiger partial charge in [-0.05, 0) is 12.1 Å². The SMILES string of the molecule is COc1cccc(-n2ncnc2CCl)c1. The Balaban J connectivity index is 2.44. The molecule has 4 nitrogen and oxygen atoms in total. The van der Waals surface area contributed by atoms with Crippen LogP contribution in [0.5, 0.6) is 5.75 Å². The second-order valence-corrected chi connectivity index (χ2v) is 3.19. The maximum absolute atomic E-state index is 5.74. The van der Waals surface area contributed by atoms with Crippen LogP contribution in [-0.2, 0) is 5.88 Å². The highest BCUT2D eigenvalue weighted by molar-refractivity contribution is 6.16. The van der Waals surface area contributed by atoms with Crippen molar-refractivity contribution in [2.24, 2.45) is 0 Å². The maximum atomic E-state index is 5.74. The van der Waals surface area contributed by atoms with Crippen molar-refractivity contribution in [2.75, 3.05) is 7.11 Å². The quantitative estimate of drug-likeness (QED) is 0.748. The molecule has 1 heterocycles. The van der Waals surface area contributed by atoms with Crippen LogP contribution in [0.3, 0.4) is 0 Å². The van der Waals surface area contributed by atoms with Gasteiger partial charge in [-0.2, -0.15) is 5.10 Å². The highest BCUT2D eigenvalue weighted by Crippen LogP contribution is 2.16. The number of rotatable bonds is 3. The fourth-order valence-electron chi connectivity index (χ4n) is 1.31. The minimum absolute atomic E-state index is 0.331. The van der Waals surface area contributed by atoms with Gasteiger partial charge in [0.25, 0.3) is 0 Å². The lowest BCUT2D eigenvalue weighted by molar-refractivity contribution is 0.414. The first-order chi connectivity index (χ1) is 7.35. The molecule has 1 aromatic carbocycles. The van der Waals surface area contributed by atoms with Gasteiger partial charge in [-0.1, -0.05) is 6.07 Å². The fraction of sp³-hybridized carbons (Fsp3) is 0.200. The van der Waals surface area contributed by atoms with E-state index in [2.05, 4.69) is 10.1 Å². The molecule has 0 amide bonds. The number of hydrogen-bond donors (Lipinski definition) is 0. The highest BCUT2D eigenvalue weighted by Gasteiger charge is 2.05. The number of halogens is 1. The van der Waals surface area contributed by atoms with Gasteiger partial charge in [0.15, 0.2) is 0 Å². The topological polar surface area (TPSA) is 39.9 Å². The number of hydrogen-bond acceptors (Lipinski definition) is 3. The molecule has 5 heteroatoms. The average molecular weight is 224 g/mol. The van der Waals surface area contributed by atoms with E-state index in [0.29, 0.717) is 11.7 Å². The molecule has 0 unspecified atom stereocenters. The third-order valence-electron chi connectivity index (χ3n) is 2.04. The van der Waals surface area contributed by atoms with Gasteiger partial charge in [-0.25, -0.2) is 9.67 Å². The Morgan fingerprint density at radius 1 is 1.47 bits per heavy atom. The Hall–Kier alpha value is -1.55. The van der Waals surface area contributed by atoms with E-state index >= 15 is 0 Å². The van der Waals surface area contributed by atoms with Crippen LogP contribution in [0.1, 0.15) is 5.82 Å². The van der Waals surface area contributed by atoms with E-state index in [1.54, 1.807) is 11.8 Å². The first-order valence-corrected chi connectivity index (χ1v) is 4.98. The van der Waals surface area contributed by atoms with E-state index in [1.807, 2.05) is 24.3 Å². The Bertz CT molecular complexity index is 455. The second-order valence-electron chi connectivity index (χ2n) is 2.92. The summed E-state index contributed by atoms with van der Waals surface area (Å²) in [4.78, 5) is 4.05. The second kappa shape index (κ2) is 4.31. The van der Waals surface area contributed by atoms with Crippen molar-refractivity contribution < 1.29 is 4.74 Å². The molecular formula is C10H10ClN3O. The summed E-state index contributed by atoms with van der Waals surface area (Å²) in [6.45, 7) is 0. The van der Waals surface area contributed by atoms with Crippen molar-refractivity contribution in [3.8, 4) is 11.4 Å². The lowest BCUT2D eigenvalue weighted by atomic mass is 10.3. The molecule has 0 fully saturated rings. The van der Waals surface area contributed by atoms with Gasteiger partial charge in [0.05, 0.1) is 18.7 Å². The van der Waals surface area contributed by atoms with Crippen molar-refractivity contribution in [3.63, 3.8) is 0 Å². The van der Waals surface area contributed by atoms with Crippen molar-refractivity contribution in [1.82, 2.24) is 14.8 Å². The number of benzene rings is 1. The first kappa shape index (κ1) is 9.98. The number of ether oxygens (including phenoxy) is 1. The average Bonchev–Trinajstić information content (AvgIpc) is 2.77. The molecule has 0 aliphatic carbocycles. The van der Waals surface area contributed by atoms with E-state index in [1.165, 1.54) is 6.33 Å². The molecule has 0 N–H and O–H groups in total. The first-order valence-electron chi connectivity index (χ1n) is 4.44. The summed E-state index contributed by atoms with van der Waals surface area (Å²) in [6.07, 6.45) is 1.48. The highest BCUT2D eigenvalue weighted by atomic mass is 35.5. The summed E-state index contributed by atoms with van der Waals surface area (Å²) in [5, 5.41) is 4.10. The van der Waals surface area contributed by atoms with Crippen LogP contribution in [0.25, 0.3) is 5.69 Å². The summed E-state index contributed by atoms with van der Waals surface area (Å²) >= 11 is 5.74. The van der Waals surface area contributed by atoms with Gasteiger partial charge in [-0.15, -0.1) is 11.6 Å². The molecular weight excluding hydrogens is 214 g/mol. The van der Waals surface area contributed by atoms with Crippen LogP contribution >= 0.6 is 11.6 Å². The van der Waals surface area contributed by atoms with Gasteiger partial charge in [0.1, 0.15) is 17.9 Å². The summed E-state index contributed by atoms with van der Waals surface area (Å²) in [7, 11) is 1.63. The normalized spacial score (nSPS) is 10.3. The van der Waals surface area contributed by atoms with Crippen molar-refractivity contribution >= 4 is 11.6 Å². The lowest BCUT2D eigenvalue weighted by Crippen LogP contribution is -2.01. The molecule has 0 atom stereocenters. The van der Waals surface area contributed by atoms with E-state index in [0.717, 1.165) is 11.4 Å². The minimum atomic E-state index is 0.331. The Morgan fingerprint density at radius 2 is 2.33 bits per heavy atom. The molecule has 2 aromatic rings. The summed E-state index contributed by atoms with van der Waals surface area (Å²) in [6, 6.07) is 7.58. The predicted molar refractivity (Wildman–Crippen MR) is 57.5 cm³/mol. The molecule has 0 aliphatic rings. The standard InChI is InChI=1S/C10H10ClN3O/c1-15-9-4-2-3-8(5-9)14-10(6-11)12-7-13-14/h2-5,7H,6H2,1H3. The van der Waals surface area contributed by atoms with Gasteiger partial charge in [0.2, 0.25) is 0 Å². The third-order valence-corrected chi connectivity index (χ3v) is 2.27. The molecule has 0 aliphatic heterocycles. The number of aromatic nitrogens is 3. The monoisotopic (exact) mass is 223 g/mol. The molecule has 2 rings (SSSR count). The largest absolute Gasteiger partial charge is 0.497 e. The molecule has 1 aromatic heterocycles. The minimum Gasteiger partial charge on any atom is -0.497 e. The van der Waals surface area contributed by atoms with Crippen molar-refractivity contribution in [1.29, 1.82) is 0 Å². The summed E-state index contributed by atoms with van der Waals surface area (Å²) in [5.74, 6) is 1.82. The zero-order valence-electron chi connectivity index (χ0n) is 8.22. The van der Waals surface area contributed by atoms with Crippen LogP contribution in [-0.4, -0.2) is 21.9 Å². The number of methoxy groups -OCH3 is 1. The van der Waals surface area contributed by atoms with Gasteiger partial charge >= 0.3 is 0 Å². The molecule has 0 spiro atoms. The molecule has 0 saturated heterocycles. The van der Waals surface area contributed by atoms with Crippen molar-refractivity contribution in [3.05, 3.63) is 36.4 Å². The van der Waals surface area contributed by atoms with Crippen LogP contribution in [0.15, 0.2) is 30.6 Å². The van der Waals surface area contributed by atoms with Crippen LogP contribution < -0.4 is 4.74 Å². The van der Waals surface area contributed by atoms with E-state index < -0.39 is 0 Å². The molecule has 78 valence electrons. The smallest absolute Gasteiger partial charge is 0.147 e. The van der Waals surface area contributed by atoms with E-state index in [4.69, 9.17) is 16.3 Å². The summed E-state index contributed by atoms with van der Waals surface area (Å²) in [5.41, 5.74) is 0.891. The Morgan fingerprint density at radius 3 is 3.07 bits per heavy atom. The van der Waals surface area contributed by atoms with Crippen LogP contribution in [0.2, 0.25) is 0 Å². The molecule has 15 heavy (non-hydrogen) atoms. The van der Waals surface area contributed by atoms with E-state index in [-0.39, 0.29) is 0 Å². The Kier molecular flexibility index (Phi) is 2.87. The fourth-order valence-corrected chi connectivity index (χ4v) is 1.50. The lowest BCUT2D eigenvalue weighted by Gasteiger charge is -2.05. The molecule has 0 bridgehead atoms. The van der Waals surface area contributed by atoms with Crippen LogP contribution in [0, 0.1) is 0 Å². The van der Waals surface area contributed by atoms with Crippen LogP contribution in [0.4, 0.5) is 0 Å². The van der Waals surface area contributed by atoms with Gasteiger partial charge in [-0.3, -0.25) is 0 Å². The van der Waals surface area contributed by atoms with Crippen molar-refractivity contribution in [2.45, 2.75) is 5.88 Å². The predicted octanol–water partition coefficient (Wildman–Crippen LogP) is 2.01. The Labute approximate surface area is 92.5 Å². The molecule has 0 saturated carbocycles. The molecule has 0 radical (unpaired) electrons.